The van der Waals surface area contributed by atoms with Crippen molar-refractivity contribution in [1.29, 1.82) is 0 Å². The van der Waals surface area contributed by atoms with Gasteiger partial charge in [0, 0.05) is 24.0 Å². The number of rotatable bonds is 7. The Hall–Kier alpha value is -2.50. The molecule has 0 aliphatic carbocycles. The fourth-order valence-electron chi connectivity index (χ4n) is 2.40. The van der Waals surface area contributed by atoms with Crippen LogP contribution >= 0.6 is 23.2 Å². The number of benzene rings is 2. The van der Waals surface area contributed by atoms with Gasteiger partial charge in [0.05, 0.1) is 12.1 Å². The predicted molar refractivity (Wildman–Crippen MR) is 105 cm³/mol. The highest BCUT2D eigenvalue weighted by Crippen LogP contribution is 2.29. The maximum absolute atomic E-state index is 13.2. The topological polar surface area (TPSA) is 43.4 Å². The van der Waals surface area contributed by atoms with Gasteiger partial charge in [0.1, 0.15) is 17.6 Å². The first kappa shape index (κ1) is 19.3. The molecular formula is C20H17Cl2FN2O2. The molecule has 0 bridgehead atoms. The first-order valence-electron chi connectivity index (χ1n) is 8.14. The average molecular weight is 407 g/mol. The number of hydrogen-bond donors (Lipinski definition) is 1. The third kappa shape index (κ3) is 5.25. The Labute approximate surface area is 166 Å². The van der Waals surface area contributed by atoms with Crippen LogP contribution in [0.15, 0.2) is 54.7 Å². The molecule has 1 aromatic heterocycles. The molecule has 3 aromatic rings. The second-order valence-electron chi connectivity index (χ2n) is 5.75. The molecule has 0 aliphatic rings. The van der Waals surface area contributed by atoms with E-state index in [9.17, 15) is 4.39 Å². The Morgan fingerprint density at radius 1 is 1.00 bits per heavy atom. The van der Waals surface area contributed by atoms with E-state index in [-0.39, 0.29) is 5.02 Å². The van der Waals surface area contributed by atoms with E-state index in [2.05, 4.69) is 10.3 Å². The molecule has 3 rings (SSSR count). The molecule has 0 saturated heterocycles. The average Bonchev–Trinajstić information content (AvgIpc) is 2.68. The van der Waals surface area contributed by atoms with Crippen LogP contribution in [0.5, 0.6) is 11.5 Å². The molecule has 4 nitrogen and oxygen atoms in total. The molecule has 2 aromatic carbocycles. The summed E-state index contributed by atoms with van der Waals surface area (Å²) >= 11 is 11.6. The summed E-state index contributed by atoms with van der Waals surface area (Å²) in [4.78, 5) is 4.03. The molecular weight excluding hydrogens is 390 g/mol. The number of ether oxygens (including phenoxy) is 2. The summed E-state index contributed by atoms with van der Waals surface area (Å²) in [6.45, 7) is 0.881. The fourth-order valence-corrected chi connectivity index (χ4v) is 2.70. The monoisotopic (exact) mass is 406 g/mol. The highest BCUT2D eigenvalue weighted by molar-refractivity contribution is 6.31. The lowest BCUT2D eigenvalue weighted by Crippen LogP contribution is -2.02. The van der Waals surface area contributed by atoms with E-state index in [0.29, 0.717) is 29.8 Å². The molecule has 0 fully saturated rings. The van der Waals surface area contributed by atoms with E-state index in [1.165, 1.54) is 6.07 Å². The minimum atomic E-state index is -0.443. The van der Waals surface area contributed by atoms with Crippen LogP contribution < -0.4 is 14.8 Å². The maximum Gasteiger partial charge on any atom is 0.161 e. The van der Waals surface area contributed by atoms with E-state index >= 15 is 0 Å². The van der Waals surface area contributed by atoms with Crippen LogP contribution in [0.3, 0.4) is 0 Å². The molecule has 0 atom stereocenters. The fraction of sp³-hybridized carbons (Fsp3) is 0.150. The minimum Gasteiger partial charge on any atom is -0.493 e. The lowest BCUT2D eigenvalue weighted by molar-refractivity contribution is 0.284. The van der Waals surface area contributed by atoms with Gasteiger partial charge in [-0.1, -0.05) is 35.3 Å². The van der Waals surface area contributed by atoms with Crippen molar-refractivity contribution in [3.8, 4) is 11.5 Å². The van der Waals surface area contributed by atoms with Crippen LogP contribution in [0.25, 0.3) is 0 Å². The number of anilines is 1. The summed E-state index contributed by atoms with van der Waals surface area (Å²) in [5.74, 6) is 0.802. The molecule has 140 valence electrons. The van der Waals surface area contributed by atoms with Crippen LogP contribution in [0.2, 0.25) is 10.2 Å². The Morgan fingerprint density at radius 2 is 1.81 bits per heavy atom. The zero-order valence-corrected chi connectivity index (χ0v) is 16.0. The SMILES string of the molecule is COc1cc(CNc2ccc(F)c(Cl)c2)ccc1OCc1ccc(Cl)nc1. The number of nitrogens with zero attached hydrogens (tertiary/aromatic N) is 1. The van der Waals surface area contributed by atoms with Crippen molar-refractivity contribution in [1.82, 2.24) is 4.98 Å². The van der Waals surface area contributed by atoms with Crippen molar-refractivity contribution in [2.24, 2.45) is 0 Å². The minimum absolute atomic E-state index is 0.0815. The molecule has 1 heterocycles. The Balaban J connectivity index is 1.64. The van der Waals surface area contributed by atoms with Gasteiger partial charge in [0.15, 0.2) is 11.5 Å². The second-order valence-corrected chi connectivity index (χ2v) is 6.54. The van der Waals surface area contributed by atoms with Gasteiger partial charge in [-0.15, -0.1) is 0 Å². The number of halogens is 3. The van der Waals surface area contributed by atoms with Crippen molar-refractivity contribution < 1.29 is 13.9 Å². The van der Waals surface area contributed by atoms with Crippen LogP contribution in [-0.2, 0) is 13.2 Å². The molecule has 7 heteroatoms. The molecule has 0 unspecified atom stereocenters. The van der Waals surface area contributed by atoms with Gasteiger partial charge in [-0.3, -0.25) is 0 Å². The quantitative estimate of drug-likeness (QED) is 0.509. The lowest BCUT2D eigenvalue weighted by Gasteiger charge is -2.13. The standard InChI is InChI=1S/C20H17Cl2FN2O2/c1-26-19-8-13(10-24-15-4-5-17(23)16(21)9-15)2-6-18(19)27-12-14-3-7-20(22)25-11-14/h2-9,11,24H,10,12H2,1H3. The maximum atomic E-state index is 13.2. The molecule has 0 aliphatic heterocycles. The zero-order chi connectivity index (χ0) is 19.2. The summed E-state index contributed by atoms with van der Waals surface area (Å²) in [7, 11) is 1.59. The Kier molecular flexibility index (Phi) is 6.37. The second kappa shape index (κ2) is 8.93. The normalized spacial score (nSPS) is 10.5. The van der Waals surface area contributed by atoms with Crippen molar-refractivity contribution in [2.75, 3.05) is 12.4 Å². The van der Waals surface area contributed by atoms with Gasteiger partial charge < -0.3 is 14.8 Å². The predicted octanol–water partition coefficient (Wildman–Crippen LogP) is 5.73. The van der Waals surface area contributed by atoms with E-state index in [1.807, 2.05) is 24.3 Å². The number of aromatic nitrogens is 1. The Bertz CT molecular complexity index is 920. The molecule has 0 spiro atoms. The van der Waals surface area contributed by atoms with Crippen LogP contribution in [0.4, 0.5) is 10.1 Å². The van der Waals surface area contributed by atoms with E-state index in [0.717, 1.165) is 16.8 Å². The zero-order valence-electron chi connectivity index (χ0n) is 14.5. The smallest absolute Gasteiger partial charge is 0.161 e. The third-order valence-corrected chi connectivity index (χ3v) is 4.34. The highest BCUT2D eigenvalue weighted by Gasteiger charge is 2.07. The Morgan fingerprint density at radius 3 is 2.52 bits per heavy atom. The van der Waals surface area contributed by atoms with E-state index in [4.69, 9.17) is 32.7 Å². The van der Waals surface area contributed by atoms with Gasteiger partial charge >= 0.3 is 0 Å². The molecule has 27 heavy (non-hydrogen) atoms. The summed E-state index contributed by atoms with van der Waals surface area (Å²) in [5.41, 5.74) is 2.61. The largest absolute Gasteiger partial charge is 0.493 e. The van der Waals surface area contributed by atoms with Crippen LogP contribution in [0, 0.1) is 5.82 Å². The van der Waals surface area contributed by atoms with Gasteiger partial charge in [-0.25, -0.2) is 9.37 Å². The summed E-state index contributed by atoms with van der Waals surface area (Å²) < 4.78 is 24.5. The first-order valence-corrected chi connectivity index (χ1v) is 8.90. The molecule has 0 radical (unpaired) electrons. The highest BCUT2D eigenvalue weighted by atomic mass is 35.5. The van der Waals surface area contributed by atoms with Gasteiger partial charge in [-0.05, 0) is 42.0 Å². The molecule has 0 amide bonds. The number of hydrogen-bond acceptors (Lipinski definition) is 4. The van der Waals surface area contributed by atoms with Gasteiger partial charge in [0.25, 0.3) is 0 Å². The molecule has 1 N–H and O–H groups in total. The summed E-state index contributed by atoms with van der Waals surface area (Å²) in [6, 6.07) is 13.7. The first-order chi connectivity index (χ1) is 13.0. The van der Waals surface area contributed by atoms with Crippen molar-refractivity contribution in [3.05, 3.63) is 81.8 Å². The third-order valence-electron chi connectivity index (χ3n) is 3.83. The summed E-state index contributed by atoms with van der Waals surface area (Å²) in [5, 5.41) is 3.72. The lowest BCUT2D eigenvalue weighted by atomic mass is 10.2. The van der Waals surface area contributed by atoms with Crippen molar-refractivity contribution in [2.45, 2.75) is 13.2 Å². The molecule has 0 saturated carbocycles. The number of methoxy groups -OCH3 is 1. The van der Waals surface area contributed by atoms with Crippen molar-refractivity contribution >= 4 is 28.9 Å². The summed E-state index contributed by atoms with van der Waals surface area (Å²) in [6.07, 6.45) is 1.67. The van der Waals surface area contributed by atoms with Gasteiger partial charge in [-0.2, -0.15) is 0 Å². The van der Waals surface area contributed by atoms with Gasteiger partial charge in [0.2, 0.25) is 0 Å². The van der Waals surface area contributed by atoms with Crippen molar-refractivity contribution in [3.63, 3.8) is 0 Å². The van der Waals surface area contributed by atoms with Crippen LogP contribution in [-0.4, -0.2) is 12.1 Å². The number of pyridine rings is 1. The van der Waals surface area contributed by atoms with Crippen LogP contribution in [0.1, 0.15) is 11.1 Å². The van der Waals surface area contributed by atoms with E-state index < -0.39 is 5.82 Å². The van der Waals surface area contributed by atoms with E-state index in [1.54, 1.807) is 31.5 Å². The number of nitrogens with one attached hydrogen (secondary N) is 1.